The number of fused-ring (bicyclic) bond motifs is 1. The normalized spacial score (nSPS) is 15.8. The molecule has 2 aliphatic heterocycles. The molecular formula is C24H33IN4O3. The number of nitrogens with zero attached hydrogens (tertiary/aromatic N) is 2. The Labute approximate surface area is 207 Å². The third-order valence-corrected chi connectivity index (χ3v) is 5.51. The lowest BCUT2D eigenvalue weighted by molar-refractivity contribution is 0.0341. The summed E-state index contributed by atoms with van der Waals surface area (Å²) in [7, 11) is 0. The minimum atomic E-state index is 0. The zero-order chi connectivity index (χ0) is 21.3. The van der Waals surface area contributed by atoms with Crippen LogP contribution < -0.4 is 20.1 Å². The molecule has 4 rings (SSSR count). The van der Waals surface area contributed by atoms with Crippen LogP contribution in [0.15, 0.2) is 47.5 Å². The number of rotatable bonds is 8. The topological polar surface area (TPSA) is 67.4 Å². The van der Waals surface area contributed by atoms with Gasteiger partial charge in [-0.05, 0) is 42.2 Å². The molecule has 8 heteroatoms. The molecule has 1 saturated heterocycles. The lowest BCUT2D eigenvalue weighted by atomic mass is 10.1. The van der Waals surface area contributed by atoms with E-state index in [4.69, 9.17) is 19.2 Å². The maximum absolute atomic E-state index is 5.47. The van der Waals surface area contributed by atoms with Gasteiger partial charge in [0.1, 0.15) is 0 Å². The number of guanidine groups is 1. The quantitative estimate of drug-likeness (QED) is 0.298. The molecule has 174 valence electrons. The van der Waals surface area contributed by atoms with Gasteiger partial charge in [0.05, 0.1) is 19.8 Å². The van der Waals surface area contributed by atoms with Gasteiger partial charge in [-0.3, -0.25) is 4.90 Å². The van der Waals surface area contributed by atoms with E-state index < -0.39 is 0 Å². The van der Waals surface area contributed by atoms with Gasteiger partial charge in [-0.2, -0.15) is 0 Å². The highest BCUT2D eigenvalue weighted by atomic mass is 127. The van der Waals surface area contributed by atoms with E-state index in [2.05, 4.69) is 58.9 Å². The summed E-state index contributed by atoms with van der Waals surface area (Å²) in [6.45, 7) is 9.22. The van der Waals surface area contributed by atoms with Gasteiger partial charge in [0.2, 0.25) is 6.79 Å². The highest BCUT2D eigenvalue weighted by Crippen LogP contribution is 2.32. The van der Waals surface area contributed by atoms with Crippen molar-refractivity contribution in [2.75, 3.05) is 46.2 Å². The number of halogens is 1. The van der Waals surface area contributed by atoms with E-state index in [-0.39, 0.29) is 24.0 Å². The molecule has 7 nitrogen and oxygen atoms in total. The van der Waals surface area contributed by atoms with Gasteiger partial charge < -0.3 is 24.8 Å². The molecule has 0 spiro atoms. The van der Waals surface area contributed by atoms with Crippen molar-refractivity contribution >= 4 is 29.9 Å². The number of benzene rings is 2. The van der Waals surface area contributed by atoms with E-state index in [1.54, 1.807) is 0 Å². The average molecular weight is 552 g/mol. The first kappa shape index (κ1) is 24.6. The Kier molecular flexibility index (Phi) is 9.89. The second-order valence-electron chi connectivity index (χ2n) is 7.72. The van der Waals surface area contributed by atoms with Crippen LogP contribution in [0.3, 0.4) is 0 Å². The fourth-order valence-corrected chi connectivity index (χ4v) is 3.79. The van der Waals surface area contributed by atoms with Crippen LogP contribution in [0.1, 0.15) is 23.6 Å². The van der Waals surface area contributed by atoms with Crippen molar-refractivity contribution < 1.29 is 14.2 Å². The predicted molar refractivity (Wildman–Crippen MR) is 137 cm³/mol. The molecule has 0 saturated carbocycles. The van der Waals surface area contributed by atoms with Gasteiger partial charge in [0, 0.05) is 32.7 Å². The van der Waals surface area contributed by atoms with Crippen molar-refractivity contribution in [3.63, 3.8) is 0 Å². The maximum atomic E-state index is 5.47. The Bertz CT molecular complexity index is 887. The molecule has 0 aliphatic carbocycles. The lowest BCUT2D eigenvalue weighted by Gasteiger charge is -2.27. The smallest absolute Gasteiger partial charge is 0.231 e. The van der Waals surface area contributed by atoms with Gasteiger partial charge in [0.25, 0.3) is 0 Å². The van der Waals surface area contributed by atoms with Crippen LogP contribution in [0.25, 0.3) is 0 Å². The first-order valence-electron chi connectivity index (χ1n) is 11.1. The Morgan fingerprint density at radius 2 is 1.78 bits per heavy atom. The minimum absolute atomic E-state index is 0. The first-order chi connectivity index (χ1) is 15.3. The lowest BCUT2D eigenvalue weighted by Crippen LogP contribution is -2.38. The van der Waals surface area contributed by atoms with Crippen LogP contribution >= 0.6 is 24.0 Å². The van der Waals surface area contributed by atoms with Crippen molar-refractivity contribution in [2.24, 2.45) is 4.99 Å². The number of aliphatic imine (C=N–C) groups is 1. The van der Waals surface area contributed by atoms with Crippen LogP contribution in [0.5, 0.6) is 11.5 Å². The third-order valence-electron chi connectivity index (χ3n) is 5.51. The Morgan fingerprint density at radius 1 is 1.00 bits per heavy atom. The van der Waals surface area contributed by atoms with Crippen LogP contribution in [0.4, 0.5) is 0 Å². The molecule has 0 unspecified atom stereocenters. The molecule has 2 aromatic carbocycles. The van der Waals surface area contributed by atoms with Crippen molar-refractivity contribution in [1.82, 2.24) is 15.5 Å². The van der Waals surface area contributed by atoms with Gasteiger partial charge in [-0.25, -0.2) is 4.99 Å². The van der Waals surface area contributed by atoms with Crippen molar-refractivity contribution in [1.29, 1.82) is 0 Å². The summed E-state index contributed by atoms with van der Waals surface area (Å²) in [5, 5.41) is 6.80. The molecule has 0 amide bonds. The van der Waals surface area contributed by atoms with Crippen molar-refractivity contribution in [3.8, 4) is 11.5 Å². The molecule has 0 aromatic heterocycles. The van der Waals surface area contributed by atoms with E-state index in [1.807, 2.05) is 6.07 Å². The summed E-state index contributed by atoms with van der Waals surface area (Å²) in [5.41, 5.74) is 3.81. The second kappa shape index (κ2) is 12.9. The van der Waals surface area contributed by atoms with Crippen molar-refractivity contribution in [3.05, 3.63) is 59.2 Å². The predicted octanol–water partition coefficient (Wildman–Crippen LogP) is 3.16. The van der Waals surface area contributed by atoms with Crippen LogP contribution in [0.2, 0.25) is 0 Å². The molecule has 0 atom stereocenters. The SMILES string of the molecule is CCNC(=NCc1ccccc1CN1CCOCC1)NCCc1ccc2c(c1)OCO2.I. The minimum Gasteiger partial charge on any atom is -0.454 e. The highest BCUT2D eigenvalue weighted by Gasteiger charge is 2.14. The zero-order valence-electron chi connectivity index (χ0n) is 18.6. The Hall–Kier alpha value is -2.04. The monoisotopic (exact) mass is 552 g/mol. The maximum Gasteiger partial charge on any atom is 0.231 e. The van der Waals surface area contributed by atoms with E-state index in [0.717, 1.165) is 69.8 Å². The largest absolute Gasteiger partial charge is 0.454 e. The molecule has 2 aromatic rings. The van der Waals surface area contributed by atoms with Crippen LogP contribution in [-0.4, -0.2) is 57.0 Å². The molecular weight excluding hydrogens is 519 g/mol. The molecule has 2 N–H and O–H groups in total. The number of hydrogen-bond acceptors (Lipinski definition) is 5. The number of ether oxygens (including phenoxy) is 3. The summed E-state index contributed by atoms with van der Waals surface area (Å²) >= 11 is 0. The second-order valence-corrected chi connectivity index (χ2v) is 7.72. The van der Waals surface area contributed by atoms with E-state index >= 15 is 0 Å². The average Bonchev–Trinajstić information content (AvgIpc) is 3.27. The van der Waals surface area contributed by atoms with E-state index in [1.165, 1.54) is 16.7 Å². The van der Waals surface area contributed by atoms with Crippen LogP contribution in [0, 0.1) is 0 Å². The van der Waals surface area contributed by atoms with Gasteiger partial charge in [-0.15, -0.1) is 24.0 Å². The summed E-state index contributed by atoms with van der Waals surface area (Å²) in [5.74, 6) is 2.49. The summed E-state index contributed by atoms with van der Waals surface area (Å²) in [4.78, 5) is 7.28. The molecule has 2 heterocycles. The molecule has 0 radical (unpaired) electrons. The summed E-state index contributed by atoms with van der Waals surface area (Å²) in [6, 6.07) is 14.7. The molecule has 0 bridgehead atoms. The fourth-order valence-electron chi connectivity index (χ4n) is 3.79. The molecule has 1 fully saturated rings. The zero-order valence-corrected chi connectivity index (χ0v) is 21.0. The highest BCUT2D eigenvalue weighted by molar-refractivity contribution is 14.0. The van der Waals surface area contributed by atoms with Gasteiger partial charge in [-0.1, -0.05) is 30.3 Å². The Balaban J connectivity index is 0.00000289. The number of morpholine rings is 1. The van der Waals surface area contributed by atoms with Gasteiger partial charge >= 0.3 is 0 Å². The number of hydrogen-bond donors (Lipinski definition) is 2. The van der Waals surface area contributed by atoms with Crippen molar-refractivity contribution in [2.45, 2.75) is 26.4 Å². The van der Waals surface area contributed by atoms with Crippen LogP contribution in [-0.2, 0) is 24.2 Å². The van der Waals surface area contributed by atoms with Gasteiger partial charge in [0.15, 0.2) is 17.5 Å². The number of nitrogens with one attached hydrogen (secondary N) is 2. The third kappa shape index (κ3) is 6.98. The standard InChI is InChI=1S/C24H32N4O3.HI/c1-2-25-24(26-10-9-19-7-8-22-23(15-19)31-18-30-22)27-16-20-5-3-4-6-21(20)17-28-11-13-29-14-12-28;/h3-8,15H,2,9-14,16-18H2,1H3,(H2,25,26,27);1H. The molecule has 2 aliphatic rings. The Morgan fingerprint density at radius 3 is 2.59 bits per heavy atom. The molecule has 32 heavy (non-hydrogen) atoms. The summed E-state index contributed by atoms with van der Waals surface area (Å²) < 4.78 is 16.3. The first-order valence-corrected chi connectivity index (χ1v) is 11.1. The van der Waals surface area contributed by atoms with E-state index in [0.29, 0.717) is 13.3 Å². The summed E-state index contributed by atoms with van der Waals surface area (Å²) in [6.07, 6.45) is 0.884. The fraction of sp³-hybridized carbons (Fsp3) is 0.458. The van der Waals surface area contributed by atoms with E-state index in [9.17, 15) is 0 Å².